The van der Waals surface area contributed by atoms with E-state index in [0.717, 1.165) is 17.1 Å². The molecule has 1 heterocycles. The van der Waals surface area contributed by atoms with E-state index in [0.29, 0.717) is 5.75 Å². The molecule has 0 radical (unpaired) electrons. The van der Waals surface area contributed by atoms with Crippen LogP contribution in [0.2, 0.25) is 0 Å². The zero-order valence-corrected chi connectivity index (χ0v) is 16.1. The Bertz CT molecular complexity index is 952. The maximum atomic E-state index is 12.8. The van der Waals surface area contributed by atoms with Gasteiger partial charge >= 0.3 is 6.18 Å². The number of amidine groups is 1. The Morgan fingerprint density at radius 2 is 1.66 bits per heavy atom. The minimum absolute atomic E-state index is 0.257. The Labute approximate surface area is 169 Å². The van der Waals surface area contributed by atoms with Gasteiger partial charge < -0.3 is 0 Å². The summed E-state index contributed by atoms with van der Waals surface area (Å²) < 4.78 is 38.3. The lowest BCUT2D eigenvalue weighted by Gasteiger charge is -2.28. The van der Waals surface area contributed by atoms with Crippen molar-refractivity contribution < 1.29 is 22.8 Å². The maximum absolute atomic E-state index is 12.8. The van der Waals surface area contributed by atoms with Gasteiger partial charge in [0.2, 0.25) is 0 Å². The number of nitrogens with zero attached hydrogens (tertiary/aromatic N) is 3. The van der Waals surface area contributed by atoms with E-state index in [9.17, 15) is 22.8 Å². The quantitative estimate of drug-likeness (QED) is 0.311. The number of aliphatic imine (C=N–C) groups is 1. The molecule has 0 atom stereocenters. The lowest BCUT2D eigenvalue weighted by molar-refractivity contribution is -0.137. The van der Waals surface area contributed by atoms with Crippen molar-refractivity contribution in [3.63, 3.8) is 0 Å². The van der Waals surface area contributed by atoms with Gasteiger partial charge in [-0.2, -0.15) is 18.2 Å². The molecule has 29 heavy (non-hydrogen) atoms. The number of amides is 2. The van der Waals surface area contributed by atoms with Gasteiger partial charge in [0, 0.05) is 12.8 Å². The third kappa shape index (κ3) is 4.19. The number of imide groups is 1. The smallest absolute Gasteiger partial charge is 0.267 e. The molecule has 0 saturated carbocycles. The molecule has 0 bridgehead atoms. The zero-order valence-electron chi connectivity index (χ0n) is 15.3. The molecule has 0 fully saturated rings. The fourth-order valence-corrected chi connectivity index (χ4v) is 3.41. The van der Waals surface area contributed by atoms with E-state index < -0.39 is 23.6 Å². The first-order valence-corrected chi connectivity index (χ1v) is 9.43. The van der Waals surface area contributed by atoms with Gasteiger partial charge in [-0.3, -0.25) is 14.6 Å². The summed E-state index contributed by atoms with van der Waals surface area (Å²) in [6.45, 7) is 3.63. The summed E-state index contributed by atoms with van der Waals surface area (Å²) in [6.07, 6.45) is -2.83. The first-order valence-electron chi connectivity index (χ1n) is 8.45. The van der Waals surface area contributed by atoms with Crippen molar-refractivity contribution in [2.45, 2.75) is 6.18 Å². The summed E-state index contributed by atoms with van der Waals surface area (Å²) in [5.74, 6) is -0.563. The Morgan fingerprint density at radius 3 is 2.14 bits per heavy atom. The van der Waals surface area contributed by atoms with Crippen molar-refractivity contribution in [3.8, 4) is 0 Å². The number of hydrazine groups is 1. The Kier molecular flexibility index (Phi) is 5.78. The largest absolute Gasteiger partial charge is 0.416 e. The molecular formula is C20H16F3N3O2S. The summed E-state index contributed by atoms with van der Waals surface area (Å²) in [5, 5.41) is 2.53. The SMILES string of the molecule is C=CCSC(=Nc1ccc(C(F)(F)F)cc1)N(C)N1C(=O)c2ccccc2C1=O. The predicted octanol–water partition coefficient (Wildman–Crippen LogP) is 4.76. The van der Waals surface area contributed by atoms with Gasteiger partial charge in [0.05, 0.1) is 22.4 Å². The van der Waals surface area contributed by atoms with Crippen LogP contribution in [0.5, 0.6) is 0 Å². The van der Waals surface area contributed by atoms with Crippen LogP contribution in [0.1, 0.15) is 26.3 Å². The molecule has 0 spiro atoms. The van der Waals surface area contributed by atoms with Crippen LogP contribution in [0, 0.1) is 0 Å². The molecule has 0 aromatic heterocycles. The second-order valence-electron chi connectivity index (χ2n) is 6.03. The van der Waals surface area contributed by atoms with Crippen LogP contribution in [0.4, 0.5) is 18.9 Å². The van der Waals surface area contributed by atoms with Gasteiger partial charge in [-0.1, -0.05) is 30.0 Å². The van der Waals surface area contributed by atoms with Gasteiger partial charge in [0.1, 0.15) is 0 Å². The number of rotatable bonds is 4. The van der Waals surface area contributed by atoms with Crippen molar-refractivity contribution in [3.05, 3.63) is 77.9 Å². The lowest BCUT2D eigenvalue weighted by atomic mass is 10.1. The van der Waals surface area contributed by atoms with Crippen molar-refractivity contribution in [2.75, 3.05) is 12.8 Å². The van der Waals surface area contributed by atoms with E-state index >= 15 is 0 Å². The summed E-state index contributed by atoms with van der Waals surface area (Å²) in [4.78, 5) is 29.7. The van der Waals surface area contributed by atoms with Crippen LogP contribution in [-0.2, 0) is 6.18 Å². The van der Waals surface area contributed by atoms with E-state index in [2.05, 4.69) is 11.6 Å². The fourth-order valence-electron chi connectivity index (χ4n) is 2.70. The molecule has 1 aliphatic rings. The monoisotopic (exact) mass is 419 g/mol. The number of fused-ring (bicyclic) bond motifs is 1. The topological polar surface area (TPSA) is 53.0 Å². The van der Waals surface area contributed by atoms with Crippen LogP contribution < -0.4 is 0 Å². The van der Waals surface area contributed by atoms with Crippen LogP contribution in [0.25, 0.3) is 0 Å². The minimum Gasteiger partial charge on any atom is -0.267 e. The molecule has 0 unspecified atom stereocenters. The zero-order chi connectivity index (χ0) is 21.2. The van der Waals surface area contributed by atoms with Gasteiger partial charge in [-0.05, 0) is 36.4 Å². The second-order valence-corrected chi connectivity index (χ2v) is 7.02. The van der Waals surface area contributed by atoms with Gasteiger partial charge in [-0.15, -0.1) is 6.58 Å². The first-order chi connectivity index (χ1) is 13.7. The number of thioether (sulfide) groups is 1. The van der Waals surface area contributed by atoms with Gasteiger partial charge in [0.25, 0.3) is 11.8 Å². The molecule has 0 N–H and O–H groups in total. The Balaban J connectivity index is 1.93. The highest BCUT2D eigenvalue weighted by Crippen LogP contribution is 2.31. The van der Waals surface area contributed by atoms with Crippen molar-refractivity contribution in [1.29, 1.82) is 0 Å². The van der Waals surface area contributed by atoms with E-state index in [1.807, 2.05) is 0 Å². The van der Waals surface area contributed by atoms with Gasteiger partial charge in [-0.25, -0.2) is 4.99 Å². The Morgan fingerprint density at radius 1 is 1.10 bits per heavy atom. The second kappa shape index (κ2) is 8.12. The van der Waals surface area contributed by atoms with E-state index in [4.69, 9.17) is 0 Å². The predicted molar refractivity (Wildman–Crippen MR) is 106 cm³/mol. The molecule has 5 nitrogen and oxygen atoms in total. The summed E-state index contributed by atoms with van der Waals surface area (Å²) in [7, 11) is 1.50. The fraction of sp³-hybridized carbons (Fsp3) is 0.150. The van der Waals surface area contributed by atoms with Crippen LogP contribution in [0.15, 0.2) is 66.2 Å². The number of benzene rings is 2. The third-order valence-electron chi connectivity index (χ3n) is 4.10. The first kappa shape index (κ1) is 20.7. The summed E-state index contributed by atoms with van der Waals surface area (Å²) in [5.41, 5.74) is 0.0392. The molecule has 150 valence electrons. The summed E-state index contributed by atoms with van der Waals surface area (Å²) >= 11 is 1.19. The van der Waals surface area contributed by atoms with Crippen molar-refractivity contribution in [2.24, 2.45) is 4.99 Å². The molecule has 2 aromatic rings. The van der Waals surface area contributed by atoms with E-state index in [1.165, 1.54) is 36.0 Å². The molecule has 2 amide bonds. The highest BCUT2D eigenvalue weighted by atomic mass is 32.2. The number of carbonyl (C=O) groups excluding carboxylic acids is 2. The molecule has 0 aliphatic carbocycles. The number of hydrogen-bond acceptors (Lipinski definition) is 4. The van der Waals surface area contributed by atoms with Crippen molar-refractivity contribution >= 4 is 34.4 Å². The number of hydrogen-bond donors (Lipinski definition) is 0. The average molecular weight is 419 g/mol. The van der Waals surface area contributed by atoms with Crippen LogP contribution in [0.3, 0.4) is 0 Å². The number of alkyl halides is 3. The standard InChI is InChI=1S/C20H16F3N3O2S/c1-3-12-29-19(24-14-10-8-13(9-11-14)20(21,22)23)25(2)26-17(27)15-6-4-5-7-16(15)18(26)28/h3-11H,1,12H2,2H3. The van der Waals surface area contributed by atoms with Gasteiger partial charge in [0.15, 0.2) is 5.17 Å². The highest BCUT2D eigenvalue weighted by molar-refractivity contribution is 8.13. The summed E-state index contributed by atoms with van der Waals surface area (Å²) in [6, 6.07) is 10.8. The molecule has 1 aliphatic heterocycles. The molecule has 3 rings (SSSR count). The third-order valence-corrected chi connectivity index (χ3v) is 5.12. The van der Waals surface area contributed by atoms with Crippen LogP contribution in [-0.4, -0.2) is 39.8 Å². The minimum atomic E-state index is -4.44. The average Bonchev–Trinajstić information content (AvgIpc) is 2.95. The Hall–Kier alpha value is -3.07. The molecule has 0 saturated heterocycles. The maximum Gasteiger partial charge on any atom is 0.416 e. The highest BCUT2D eigenvalue weighted by Gasteiger charge is 2.39. The van der Waals surface area contributed by atoms with Crippen molar-refractivity contribution in [1.82, 2.24) is 10.0 Å². The van der Waals surface area contributed by atoms with E-state index in [1.54, 1.807) is 30.3 Å². The number of halogens is 3. The molecule has 2 aromatic carbocycles. The normalized spacial score (nSPS) is 14.2. The molecule has 9 heteroatoms. The number of carbonyl (C=O) groups is 2. The lowest BCUT2D eigenvalue weighted by Crippen LogP contribution is -2.46. The van der Waals surface area contributed by atoms with Crippen LogP contribution >= 0.6 is 11.8 Å². The molecular weight excluding hydrogens is 403 g/mol. The van der Waals surface area contributed by atoms with E-state index in [-0.39, 0.29) is 22.0 Å².